The van der Waals surface area contributed by atoms with Crippen LogP contribution in [-0.2, 0) is 29.2 Å². The second kappa shape index (κ2) is 20.5. The number of piperidine rings is 2. The SMILES string of the molecule is CNC(=O)C(CCC=O)N1Cc2cc(C#CC3CCN(Cc4ccc(CN5CCC(Oc6cccc(-c7onc8ccc(C(=N)N)cc78)c6)CC5)cc4)CC3)ccc2C1=O.NN. The average molecular weight is 838 g/mol. The van der Waals surface area contributed by atoms with Gasteiger partial charge in [0.1, 0.15) is 35.5 Å². The summed E-state index contributed by atoms with van der Waals surface area (Å²) in [7, 11) is 1.55. The summed E-state index contributed by atoms with van der Waals surface area (Å²) in [5, 5.41) is 15.4. The van der Waals surface area contributed by atoms with Crippen molar-refractivity contribution in [2.45, 2.75) is 70.3 Å². The molecule has 3 aliphatic rings. The lowest BCUT2D eigenvalue weighted by molar-refractivity contribution is -0.125. The highest BCUT2D eigenvalue weighted by atomic mass is 16.5. The number of rotatable bonds is 13. The predicted molar refractivity (Wildman–Crippen MR) is 239 cm³/mol. The number of benzene rings is 4. The monoisotopic (exact) mass is 837 g/mol. The van der Waals surface area contributed by atoms with Crippen molar-refractivity contribution in [2.24, 2.45) is 23.3 Å². The van der Waals surface area contributed by atoms with Crippen molar-refractivity contribution in [3.05, 3.63) is 118 Å². The third-order valence-electron chi connectivity index (χ3n) is 12.0. The summed E-state index contributed by atoms with van der Waals surface area (Å²) in [5.74, 6) is 16.2. The van der Waals surface area contributed by atoms with E-state index in [1.165, 1.54) is 11.1 Å². The molecule has 8 rings (SSSR count). The molecule has 14 heteroatoms. The van der Waals surface area contributed by atoms with Gasteiger partial charge in [-0.2, -0.15) is 0 Å². The highest BCUT2D eigenvalue weighted by molar-refractivity contribution is 6.02. The zero-order valence-electron chi connectivity index (χ0n) is 35.1. The summed E-state index contributed by atoms with van der Waals surface area (Å²) in [6, 6.07) is 27.4. The summed E-state index contributed by atoms with van der Waals surface area (Å²) >= 11 is 0. The van der Waals surface area contributed by atoms with Gasteiger partial charge >= 0.3 is 0 Å². The Morgan fingerprint density at radius 2 is 1.65 bits per heavy atom. The van der Waals surface area contributed by atoms with Gasteiger partial charge in [0.05, 0.1) is 5.39 Å². The van der Waals surface area contributed by atoms with Gasteiger partial charge < -0.3 is 30.0 Å². The molecule has 4 heterocycles. The molecule has 2 amide bonds. The minimum Gasteiger partial charge on any atom is -0.490 e. The smallest absolute Gasteiger partial charge is 0.255 e. The third kappa shape index (κ3) is 10.4. The number of likely N-dealkylation sites (tertiary alicyclic amines) is 2. The molecule has 1 unspecified atom stereocenters. The van der Waals surface area contributed by atoms with Crippen LogP contribution in [0.3, 0.4) is 0 Å². The van der Waals surface area contributed by atoms with E-state index in [0.717, 1.165) is 105 Å². The molecule has 1 aromatic heterocycles. The zero-order chi connectivity index (χ0) is 43.6. The molecule has 62 heavy (non-hydrogen) atoms. The number of amidine groups is 1. The molecule has 0 radical (unpaired) electrons. The molecule has 3 aliphatic heterocycles. The van der Waals surface area contributed by atoms with Gasteiger partial charge in [-0.25, -0.2) is 0 Å². The zero-order valence-corrected chi connectivity index (χ0v) is 35.1. The highest BCUT2D eigenvalue weighted by Gasteiger charge is 2.36. The maximum Gasteiger partial charge on any atom is 0.255 e. The van der Waals surface area contributed by atoms with Gasteiger partial charge in [0.15, 0.2) is 5.76 Å². The van der Waals surface area contributed by atoms with Gasteiger partial charge in [0.2, 0.25) is 5.91 Å². The lowest BCUT2D eigenvalue weighted by Crippen LogP contribution is -2.46. The van der Waals surface area contributed by atoms with E-state index in [1.807, 2.05) is 54.6 Å². The topological polar surface area (TPSA) is 210 Å². The molecule has 14 nitrogen and oxygen atoms in total. The Morgan fingerprint density at radius 3 is 2.31 bits per heavy atom. The molecule has 0 bridgehead atoms. The fraction of sp³-hybridized carbons (Fsp3) is 0.354. The number of carbonyl (C=O) groups excluding carboxylic acids is 3. The van der Waals surface area contributed by atoms with Gasteiger partial charge in [0, 0.05) is 74.4 Å². The lowest BCUT2D eigenvalue weighted by Gasteiger charge is -2.32. The summed E-state index contributed by atoms with van der Waals surface area (Å²) in [4.78, 5) is 43.2. The number of likely N-dealkylation sites (N-methyl/N-ethyl adjacent to an activating group) is 1. The molecule has 2 saturated heterocycles. The third-order valence-corrected chi connectivity index (χ3v) is 12.0. The average Bonchev–Trinajstić information content (AvgIpc) is 3.88. The van der Waals surface area contributed by atoms with Crippen molar-refractivity contribution in [2.75, 3.05) is 33.2 Å². The van der Waals surface area contributed by atoms with Crippen LogP contribution in [-0.4, -0.2) is 89.2 Å². The first-order valence-electron chi connectivity index (χ1n) is 21.2. The first-order valence-corrected chi connectivity index (χ1v) is 21.2. The van der Waals surface area contributed by atoms with Crippen LogP contribution in [0, 0.1) is 23.2 Å². The van der Waals surface area contributed by atoms with Crippen molar-refractivity contribution in [3.63, 3.8) is 0 Å². The van der Waals surface area contributed by atoms with Crippen LogP contribution in [0.5, 0.6) is 5.75 Å². The number of aldehydes is 1. The number of hydrazine groups is 1. The minimum atomic E-state index is -0.675. The summed E-state index contributed by atoms with van der Waals surface area (Å²) in [6.07, 6.45) is 5.37. The molecular formula is C48H55N9O5. The molecule has 0 saturated carbocycles. The molecular weight excluding hydrogens is 783 g/mol. The van der Waals surface area contributed by atoms with Crippen molar-refractivity contribution < 1.29 is 23.6 Å². The van der Waals surface area contributed by atoms with E-state index in [4.69, 9.17) is 20.4 Å². The van der Waals surface area contributed by atoms with Crippen LogP contribution < -0.4 is 27.5 Å². The number of amides is 2. The molecule has 2 fully saturated rings. The second-order valence-electron chi connectivity index (χ2n) is 16.1. The number of nitrogens with two attached hydrogens (primary N) is 3. The van der Waals surface area contributed by atoms with Gasteiger partial charge in [-0.3, -0.25) is 36.5 Å². The van der Waals surface area contributed by atoms with Crippen LogP contribution in [0.4, 0.5) is 0 Å². The quantitative estimate of drug-likeness (QED) is 0.0268. The Bertz CT molecular complexity index is 2440. The summed E-state index contributed by atoms with van der Waals surface area (Å²) < 4.78 is 12.2. The van der Waals surface area contributed by atoms with Crippen LogP contribution in [0.15, 0.2) is 89.5 Å². The van der Waals surface area contributed by atoms with Gasteiger partial charge in [-0.15, -0.1) is 0 Å². The van der Waals surface area contributed by atoms with E-state index in [2.05, 4.69) is 68.1 Å². The maximum absolute atomic E-state index is 13.1. The van der Waals surface area contributed by atoms with Crippen molar-refractivity contribution in [1.29, 1.82) is 5.41 Å². The number of ether oxygens (including phenoxy) is 1. The van der Waals surface area contributed by atoms with Crippen LogP contribution >= 0.6 is 0 Å². The number of nitrogen functional groups attached to an aromatic ring is 1. The van der Waals surface area contributed by atoms with E-state index in [-0.39, 0.29) is 30.2 Å². The van der Waals surface area contributed by atoms with E-state index >= 15 is 0 Å². The fourth-order valence-electron chi connectivity index (χ4n) is 8.59. The van der Waals surface area contributed by atoms with E-state index in [0.29, 0.717) is 35.8 Å². The number of fused-ring (bicyclic) bond motifs is 2. The van der Waals surface area contributed by atoms with E-state index in [1.54, 1.807) is 18.0 Å². The first kappa shape index (κ1) is 43.7. The van der Waals surface area contributed by atoms with Crippen molar-refractivity contribution >= 4 is 34.8 Å². The van der Waals surface area contributed by atoms with Crippen LogP contribution in [0.1, 0.15) is 76.7 Å². The number of nitrogens with zero attached hydrogens (tertiary/aromatic N) is 4. The standard InChI is InChI=1S/C48H51N7O5.H4N2/c1-51-47(57)44(6-3-25-56)55-31-38-26-33(13-15-41(38)48(55)58)8-7-32-17-21-53(22-18-32)29-34-9-11-35(12-10-34)30-54-23-19-39(20-24-54)59-40-5-2-4-36(27-40)45-42-28-37(46(49)50)14-16-43(42)52-60-45;1-2/h2,4-5,9-16,25-28,32,39,44H,3,6,17-24,29-31H2,1H3,(H3,49,50)(H,51,57);1-2H2. The van der Waals surface area contributed by atoms with E-state index in [9.17, 15) is 14.4 Å². The van der Waals surface area contributed by atoms with Crippen LogP contribution in [0.2, 0.25) is 0 Å². The number of hydrogen-bond donors (Lipinski definition) is 5. The Morgan fingerprint density at radius 1 is 0.952 bits per heavy atom. The molecule has 322 valence electrons. The number of hydrogen-bond acceptors (Lipinski definition) is 11. The molecule has 1 atom stereocenters. The molecule has 8 N–H and O–H groups in total. The minimum absolute atomic E-state index is 0.00587. The largest absolute Gasteiger partial charge is 0.490 e. The predicted octanol–water partition coefficient (Wildman–Crippen LogP) is 4.95. The Labute approximate surface area is 362 Å². The van der Waals surface area contributed by atoms with Gasteiger partial charge in [0.25, 0.3) is 5.91 Å². The highest BCUT2D eigenvalue weighted by Crippen LogP contribution is 2.33. The van der Waals surface area contributed by atoms with Crippen molar-refractivity contribution in [1.82, 2.24) is 25.2 Å². The summed E-state index contributed by atoms with van der Waals surface area (Å²) in [5.41, 5.74) is 12.9. The first-order chi connectivity index (χ1) is 30.2. The molecule has 4 aromatic carbocycles. The molecule has 0 spiro atoms. The molecule has 0 aliphatic carbocycles. The van der Waals surface area contributed by atoms with Crippen LogP contribution in [0.25, 0.3) is 22.2 Å². The Balaban J connectivity index is 0.00000285. The van der Waals surface area contributed by atoms with E-state index < -0.39 is 6.04 Å². The number of carbonyl (C=O) groups is 3. The fourth-order valence-corrected chi connectivity index (χ4v) is 8.59. The molecule has 5 aromatic rings. The second-order valence-corrected chi connectivity index (χ2v) is 16.1. The van der Waals surface area contributed by atoms with Gasteiger partial charge in [-0.05, 0) is 110 Å². The normalized spacial score (nSPS) is 16.4. The number of aromatic nitrogens is 1. The lowest BCUT2D eigenvalue weighted by atomic mass is 9.96. The summed E-state index contributed by atoms with van der Waals surface area (Å²) in [6.45, 7) is 6.12. The number of nitrogens with one attached hydrogen (secondary N) is 2. The maximum atomic E-state index is 13.1. The Hall–Kier alpha value is -6.37. The van der Waals surface area contributed by atoms with Crippen molar-refractivity contribution in [3.8, 4) is 28.9 Å². The van der Waals surface area contributed by atoms with Gasteiger partial charge in [-0.1, -0.05) is 53.4 Å². The Kier molecular flexibility index (Phi) is 14.4.